The Labute approximate surface area is 134 Å². The first-order valence-corrected chi connectivity index (χ1v) is 7.37. The van der Waals surface area contributed by atoms with Crippen molar-refractivity contribution in [3.05, 3.63) is 70.8 Å². The molecule has 4 nitrogen and oxygen atoms in total. The maximum absolute atomic E-state index is 11.9. The summed E-state index contributed by atoms with van der Waals surface area (Å²) < 4.78 is 10.9. The molecule has 0 bridgehead atoms. The molecule has 1 aliphatic rings. The molecule has 0 amide bonds. The van der Waals surface area contributed by atoms with E-state index in [0.29, 0.717) is 24.5 Å². The van der Waals surface area contributed by atoms with Gasteiger partial charge in [-0.15, -0.1) is 0 Å². The van der Waals surface area contributed by atoms with Crippen LogP contribution in [0.4, 0.5) is 0 Å². The number of esters is 1. The molecule has 0 fully saturated rings. The van der Waals surface area contributed by atoms with Crippen LogP contribution >= 0.6 is 0 Å². The van der Waals surface area contributed by atoms with Crippen LogP contribution in [0.15, 0.2) is 48.5 Å². The summed E-state index contributed by atoms with van der Waals surface area (Å²) in [6.07, 6.45) is 1.51. The number of carbonyl (C=O) groups excluding carboxylic acids is 1. The van der Waals surface area contributed by atoms with Gasteiger partial charge in [-0.05, 0) is 36.2 Å². The highest BCUT2D eigenvalue weighted by Gasteiger charge is 2.20. The molecule has 2 aromatic rings. The van der Waals surface area contributed by atoms with Gasteiger partial charge < -0.3 is 9.47 Å². The lowest BCUT2D eigenvalue weighted by atomic mass is 9.93. The van der Waals surface area contributed by atoms with Gasteiger partial charge in [-0.1, -0.05) is 24.3 Å². The fourth-order valence-electron chi connectivity index (χ4n) is 2.64. The fraction of sp³-hybridized carbons (Fsp3) is 0.158. The fourth-order valence-corrected chi connectivity index (χ4v) is 2.64. The first kappa shape index (κ1) is 14.9. The zero-order valence-electron chi connectivity index (χ0n) is 12.7. The van der Waals surface area contributed by atoms with Crippen LogP contribution in [0.1, 0.15) is 34.0 Å². The van der Waals surface area contributed by atoms with Crippen LogP contribution in [0.25, 0.3) is 5.57 Å². The van der Waals surface area contributed by atoms with Crippen LogP contribution in [0.3, 0.4) is 0 Å². The van der Waals surface area contributed by atoms with Gasteiger partial charge in [0, 0.05) is 17.2 Å². The Hall–Kier alpha value is -3.06. The number of rotatable bonds is 2. The number of allylic oxidation sites excluding steroid dienone is 1. The molecule has 3 rings (SSSR count). The van der Waals surface area contributed by atoms with Crippen molar-refractivity contribution in [2.75, 3.05) is 6.61 Å². The van der Waals surface area contributed by atoms with Gasteiger partial charge in [0.25, 0.3) is 0 Å². The monoisotopic (exact) mass is 305 g/mol. The Balaban J connectivity index is 2.12. The Morgan fingerprint density at radius 1 is 1.30 bits per heavy atom. The number of ether oxygens (including phenoxy) is 2. The predicted molar refractivity (Wildman–Crippen MR) is 85.9 cm³/mol. The van der Waals surface area contributed by atoms with E-state index in [1.54, 1.807) is 25.1 Å². The van der Waals surface area contributed by atoms with Crippen molar-refractivity contribution in [2.45, 2.75) is 13.5 Å². The van der Waals surface area contributed by atoms with Crippen molar-refractivity contribution < 1.29 is 14.3 Å². The summed E-state index contributed by atoms with van der Waals surface area (Å²) in [5, 5.41) is 9.13. The van der Waals surface area contributed by atoms with Crippen LogP contribution in [0.2, 0.25) is 0 Å². The van der Waals surface area contributed by atoms with Gasteiger partial charge in [-0.3, -0.25) is 0 Å². The van der Waals surface area contributed by atoms with E-state index in [0.717, 1.165) is 22.3 Å². The van der Waals surface area contributed by atoms with Crippen molar-refractivity contribution in [1.29, 1.82) is 5.26 Å². The molecule has 114 valence electrons. The largest absolute Gasteiger partial charge is 0.488 e. The minimum absolute atomic E-state index is 0.321. The molecular formula is C19H15NO3. The summed E-state index contributed by atoms with van der Waals surface area (Å²) in [7, 11) is 0. The Morgan fingerprint density at radius 2 is 2.13 bits per heavy atom. The average Bonchev–Trinajstić information content (AvgIpc) is 2.73. The molecular weight excluding hydrogens is 290 g/mol. The van der Waals surface area contributed by atoms with Crippen molar-refractivity contribution in [3.63, 3.8) is 0 Å². The van der Waals surface area contributed by atoms with Gasteiger partial charge in [-0.25, -0.2) is 4.79 Å². The summed E-state index contributed by atoms with van der Waals surface area (Å²) >= 11 is 0. The third-order valence-electron chi connectivity index (χ3n) is 3.68. The maximum atomic E-state index is 11.9. The van der Waals surface area contributed by atoms with Gasteiger partial charge in [0.15, 0.2) is 0 Å². The molecule has 0 saturated carbocycles. The van der Waals surface area contributed by atoms with Gasteiger partial charge in [0.1, 0.15) is 12.4 Å². The van der Waals surface area contributed by atoms with E-state index in [2.05, 4.69) is 6.07 Å². The SMILES string of the molecule is CCOC(=O)c1ccc2c(c1)OCc1ccccc1/C2=C/C#N. The van der Waals surface area contributed by atoms with Crippen LogP contribution < -0.4 is 4.74 Å². The molecule has 0 saturated heterocycles. The van der Waals surface area contributed by atoms with Crippen molar-refractivity contribution >= 4 is 11.5 Å². The van der Waals surface area contributed by atoms with Crippen molar-refractivity contribution in [1.82, 2.24) is 0 Å². The molecule has 0 spiro atoms. The maximum Gasteiger partial charge on any atom is 0.338 e. The molecule has 0 radical (unpaired) electrons. The van der Waals surface area contributed by atoms with Gasteiger partial charge in [0.2, 0.25) is 0 Å². The lowest BCUT2D eigenvalue weighted by Crippen LogP contribution is -2.05. The van der Waals surface area contributed by atoms with Crippen molar-refractivity contribution in [3.8, 4) is 11.8 Å². The lowest BCUT2D eigenvalue weighted by Gasteiger charge is -2.10. The number of nitriles is 1. The number of hydrogen-bond donors (Lipinski definition) is 0. The third-order valence-corrected chi connectivity index (χ3v) is 3.68. The molecule has 4 heteroatoms. The highest BCUT2D eigenvalue weighted by atomic mass is 16.5. The van der Waals surface area contributed by atoms with E-state index < -0.39 is 0 Å². The van der Waals surface area contributed by atoms with E-state index in [9.17, 15) is 4.79 Å². The number of hydrogen-bond acceptors (Lipinski definition) is 4. The van der Waals surface area contributed by atoms with E-state index >= 15 is 0 Å². The molecule has 0 atom stereocenters. The number of fused-ring (bicyclic) bond motifs is 2. The summed E-state index contributed by atoms with van der Waals surface area (Å²) in [6, 6.07) is 15.1. The Kier molecular flexibility index (Phi) is 4.11. The molecule has 2 aromatic carbocycles. The summed E-state index contributed by atoms with van der Waals surface area (Å²) in [4.78, 5) is 11.9. The predicted octanol–water partition coefficient (Wildman–Crippen LogP) is 3.71. The first-order chi connectivity index (χ1) is 11.2. The Morgan fingerprint density at radius 3 is 2.91 bits per heavy atom. The van der Waals surface area contributed by atoms with Crippen LogP contribution in [-0.4, -0.2) is 12.6 Å². The van der Waals surface area contributed by atoms with E-state index in [-0.39, 0.29) is 5.97 Å². The van der Waals surface area contributed by atoms with Crippen LogP contribution in [-0.2, 0) is 11.3 Å². The number of nitrogens with zero attached hydrogens (tertiary/aromatic N) is 1. The topological polar surface area (TPSA) is 59.3 Å². The standard InChI is InChI=1S/C19H15NO3/c1-2-22-19(21)13-7-8-17-16(9-10-20)15-6-4-3-5-14(15)12-23-18(17)11-13/h3-9,11H,2,12H2,1H3/b16-9-. The second kappa shape index (κ2) is 6.37. The molecule has 0 N–H and O–H groups in total. The molecule has 0 unspecified atom stereocenters. The first-order valence-electron chi connectivity index (χ1n) is 7.37. The lowest BCUT2D eigenvalue weighted by molar-refractivity contribution is 0.0526. The normalized spacial score (nSPS) is 14.0. The van der Waals surface area contributed by atoms with Crippen molar-refractivity contribution in [2.24, 2.45) is 0 Å². The average molecular weight is 305 g/mol. The second-order valence-corrected chi connectivity index (χ2v) is 5.06. The van der Waals surface area contributed by atoms with E-state index in [1.807, 2.05) is 24.3 Å². The third kappa shape index (κ3) is 2.82. The molecule has 1 heterocycles. The zero-order valence-corrected chi connectivity index (χ0v) is 12.7. The second-order valence-electron chi connectivity index (χ2n) is 5.06. The molecule has 1 aliphatic heterocycles. The molecule has 0 aromatic heterocycles. The van der Waals surface area contributed by atoms with E-state index in [4.69, 9.17) is 14.7 Å². The Bertz CT molecular complexity index is 831. The molecule has 0 aliphatic carbocycles. The minimum Gasteiger partial charge on any atom is -0.488 e. The van der Waals surface area contributed by atoms with Crippen LogP contribution in [0, 0.1) is 11.3 Å². The minimum atomic E-state index is -0.383. The summed E-state index contributed by atoms with van der Waals surface area (Å²) in [5.74, 6) is 0.194. The number of carbonyl (C=O) groups is 1. The zero-order chi connectivity index (χ0) is 16.2. The smallest absolute Gasteiger partial charge is 0.338 e. The quantitative estimate of drug-likeness (QED) is 0.627. The summed E-state index contributed by atoms with van der Waals surface area (Å²) in [5.41, 5.74) is 4.00. The highest BCUT2D eigenvalue weighted by Crippen LogP contribution is 2.37. The van der Waals surface area contributed by atoms with E-state index in [1.165, 1.54) is 6.08 Å². The van der Waals surface area contributed by atoms with Gasteiger partial charge in [0.05, 0.1) is 18.2 Å². The van der Waals surface area contributed by atoms with Gasteiger partial charge >= 0.3 is 5.97 Å². The van der Waals surface area contributed by atoms with Crippen LogP contribution in [0.5, 0.6) is 5.75 Å². The van der Waals surface area contributed by atoms with Gasteiger partial charge in [-0.2, -0.15) is 5.26 Å². The number of benzene rings is 2. The molecule has 23 heavy (non-hydrogen) atoms. The highest BCUT2D eigenvalue weighted by molar-refractivity contribution is 5.92. The summed E-state index contributed by atoms with van der Waals surface area (Å²) in [6.45, 7) is 2.47.